The first kappa shape index (κ1) is 12.1. The molecule has 1 nitrogen and oxygen atoms in total. The zero-order chi connectivity index (χ0) is 10.6. The van der Waals surface area contributed by atoms with Gasteiger partial charge in [0.05, 0.1) is 0 Å². The number of hydrogen-bond acceptors (Lipinski definition) is 1. The van der Waals surface area contributed by atoms with E-state index in [9.17, 15) is 0 Å². The van der Waals surface area contributed by atoms with Gasteiger partial charge in [0.15, 0.2) is 0 Å². The summed E-state index contributed by atoms with van der Waals surface area (Å²) in [5, 5.41) is 4.60. The van der Waals surface area contributed by atoms with E-state index in [4.69, 9.17) is 34.8 Å². The third-order valence-electron chi connectivity index (χ3n) is 1.92. The first-order chi connectivity index (χ1) is 6.65. The molecule has 1 aromatic rings. The van der Waals surface area contributed by atoms with Gasteiger partial charge in [-0.15, -0.1) is 11.6 Å². The van der Waals surface area contributed by atoms with Crippen LogP contribution in [-0.2, 0) is 6.54 Å². The molecule has 78 valence electrons. The van der Waals surface area contributed by atoms with Gasteiger partial charge in [-0.05, 0) is 19.1 Å². The lowest BCUT2D eigenvalue weighted by Crippen LogP contribution is -2.27. The van der Waals surface area contributed by atoms with Crippen LogP contribution in [0.4, 0.5) is 0 Å². The molecule has 0 saturated carbocycles. The monoisotopic (exact) mass is 251 g/mol. The maximum absolute atomic E-state index is 6.00. The summed E-state index contributed by atoms with van der Waals surface area (Å²) in [6, 6.07) is 5.74. The van der Waals surface area contributed by atoms with Gasteiger partial charge in [0.25, 0.3) is 0 Å². The van der Waals surface area contributed by atoms with Crippen LogP contribution in [0.2, 0.25) is 10.0 Å². The normalized spacial score (nSPS) is 12.9. The average molecular weight is 253 g/mol. The summed E-state index contributed by atoms with van der Waals surface area (Å²) in [5.74, 6) is 0.571. The Bertz CT molecular complexity index is 281. The highest BCUT2D eigenvalue weighted by Crippen LogP contribution is 2.23. The molecule has 4 heteroatoms. The molecule has 0 spiro atoms. The van der Waals surface area contributed by atoms with E-state index in [1.807, 2.05) is 25.1 Å². The predicted octanol–water partition coefficient (Wildman–Crippen LogP) is 3.71. The highest BCUT2D eigenvalue weighted by atomic mass is 35.5. The number of halogens is 3. The second-order valence-electron chi connectivity index (χ2n) is 3.14. The second-order valence-corrected chi connectivity index (χ2v) is 4.26. The number of nitrogens with one attached hydrogen (secondary N) is 1. The molecule has 0 aliphatic carbocycles. The lowest BCUT2D eigenvalue weighted by molar-refractivity contribution is 0.593. The molecular weight excluding hydrogens is 240 g/mol. The number of benzene rings is 1. The highest BCUT2D eigenvalue weighted by Gasteiger charge is 2.06. The molecule has 0 aliphatic rings. The topological polar surface area (TPSA) is 12.0 Å². The lowest BCUT2D eigenvalue weighted by atomic mass is 10.2. The van der Waals surface area contributed by atoms with Gasteiger partial charge in [-0.3, -0.25) is 0 Å². The van der Waals surface area contributed by atoms with Crippen molar-refractivity contribution < 1.29 is 0 Å². The third kappa shape index (κ3) is 3.32. The first-order valence-corrected chi connectivity index (χ1v) is 5.66. The van der Waals surface area contributed by atoms with Crippen molar-refractivity contribution in [3.8, 4) is 0 Å². The van der Waals surface area contributed by atoms with E-state index >= 15 is 0 Å². The van der Waals surface area contributed by atoms with E-state index < -0.39 is 0 Å². The second kappa shape index (κ2) is 5.82. The van der Waals surface area contributed by atoms with Crippen LogP contribution in [-0.4, -0.2) is 11.9 Å². The Hall–Kier alpha value is 0.0500. The molecule has 0 aliphatic heterocycles. The van der Waals surface area contributed by atoms with Crippen molar-refractivity contribution in [2.75, 3.05) is 5.88 Å². The molecule has 0 radical (unpaired) electrons. The van der Waals surface area contributed by atoms with Crippen molar-refractivity contribution in [1.82, 2.24) is 5.32 Å². The largest absolute Gasteiger partial charge is 0.309 e. The maximum Gasteiger partial charge on any atom is 0.0465 e. The zero-order valence-corrected chi connectivity index (χ0v) is 10.1. The lowest BCUT2D eigenvalue weighted by Gasteiger charge is -2.12. The van der Waals surface area contributed by atoms with Gasteiger partial charge in [-0.25, -0.2) is 0 Å². The van der Waals surface area contributed by atoms with Crippen molar-refractivity contribution >= 4 is 34.8 Å². The van der Waals surface area contributed by atoms with Gasteiger partial charge in [0, 0.05) is 34.1 Å². The first-order valence-electron chi connectivity index (χ1n) is 4.37. The summed E-state index contributed by atoms with van der Waals surface area (Å²) in [6.45, 7) is 2.66. The Morgan fingerprint density at radius 3 is 2.36 bits per heavy atom. The van der Waals surface area contributed by atoms with Gasteiger partial charge in [-0.2, -0.15) is 0 Å². The minimum atomic E-state index is 0.254. The third-order valence-corrected chi connectivity index (χ3v) is 3.09. The van der Waals surface area contributed by atoms with Crippen LogP contribution in [0.25, 0.3) is 0 Å². The average Bonchev–Trinajstić information content (AvgIpc) is 2.16. The molecule has 1 unspecified atom stereocenters. The molecule has 1 atom stereocenters. The quantitative estimate of drug-likeness (QED) is 0.806. The van der Waals surface area contributed by atoms with Gasteiger partial charge in [-0.1, -0.05) is 29.3 Å². The molecule has 0 aromatic heterocycles. The van der Waals surface area contributed by atoms with Crippen LogP contribution in [0.15, 0.2) is 18.2 Å². The Balaban J connectivity index is 2.66. The van der Waals surface area contributed by atoms with Crippen molar-refractivity contribution in [2.45, 2.75) is 19.5 Å². The van der Waals surface area contributed by atoms with Crippen LogP contribution in [0, 0.1) is 0 Å². The Morgan fingerprint density at radius 2 is 1.86 bits per heavy atom. The highest BCUT2D eigenvalue weighted by molar-refractivity contribution is 6.35. The summed E-state index contributed by atoms with van der Waals surface area (Å²) in [7, 11) is 0. The van der Waals surface area contributed by atoms with Gasteiger partial charge >= 0.3 is 0 Å². The van der Waals surface area contributed by atoms with Crippen molar-refractivity contribution in [2.24, 2.45) is 0 Å². The summed E-state index contributed by atoms with van der Waals surface area (Å²) < 4.78 is 0. The van der Waals surface area contributed by atoms with Crippen LogP contribution in [0.1, 0.15) is 12.5 Å². The SMILES string of the molecule is CC(CCl)NCc1c(Cl)cccc1Cl. The molecule has 14 heavy (non-hydrogen) atoms. The number of rotatable bonds is 4. The molecule has 0 bridgehead atoms. The zero-order valence-electron chi connectivity index (χ0n) is 7.86. The van der Waals surface area contributed by atoms with Crippen molar-refractivity contribution in [3.63, 3.8) is 0 Å². The molecule has 1 N–H and O–H groups in total. The van der Waals surface area contributed by atoms with Gasteiger partial charge < -0.3 is 5.32 Å². The summed E-state index contributed by atoms with van der Waals surface area (Å²) in [6.07, 6.45) is 0. The van der Waals surface area contributed by atoms with Crippen LogP contribution >= 0.6 is 34.8 Å². The van der Waals surface area contributed by atoms with Crippen LogP contribution < -0.4 is 5.32 Å². The number of alkyl halides is 1. The van der Waals surface area contributed by atoms with Crippen LogP contribution in [0.3, 0.4) is 0 Å². The predicted molar refractivity (Wildman–Crippen MR) is 63.5 cm³/mol. The molecule has 0 fully saturated rings. The smallest absolute Gasteiger partial charge is 0.0465 e. The standard InChI is InChI=1S/C10H12Cl3N/c1-7(5-11)14-6-8-9(12)3-2-4-10(8)13/h2-4,7,14H,5-6H2,1H3. The van der Waals surface area contributed by atoms with E-state index in [0.717, 1.165) is 5.56 Å². The Labute approximate surface area is 99.4 Å². The summed E-state index contributed by atoms with van der Waals surface area (Å²) in [5.41, 5.74) is 0.924. The molecule has 0 saturated heterocycles. The fraction of sp³-hybridized carbons (Fsp3) is 0.400. The molecule has 0 heterocycles. The molecular formula is C10H12Cl3N. The Kier molecular flexibility index (Phi) is 5.04. The van der Waals surface area contributed by atoms with E-state index in [1.165, 1.54) is 0 Å². The van der Waals surface area contributed by atoms with E-state index in [1.54, 1.807) is 0 Å². The minimum Gasteiger partial charge on any atom is -0.309 e. The summed E-state index contributed by atoms with van der Waals surface area (Å²) in [4.78, 5) is 0. The van der Waals surface area contributed by atoms with E-state index in [2.05, 4.69) is 5.32 Å². The molecule has 1 aromatic carbocycles. The van der Waals surface area contributed by atoms with E-state index in [-0.39, 0.29) is 6.04 Å². The van der Waals surface area contributed by atoms with Gasteiger partial charge in [0.2, 0.25) is 0 Å². The molecule has 0 amide bonds. The van der Waals surface area contributed by atoms with Crippen LogP contribution in [0.5, 0.6) is 0 Å². The van der Waals surface area contributed by atoms with Crippen molar-refractivity contribution in [3.05, 3.63) is 33.8 Å². The molecule has 1 rings (SSSR count). The fourth-order valence-electron chi connectivity index (χ4n) is 1.03. The summed E-state index contributed by atoms with van der Waals surface area (Å²) >= 11 is 17.7. The number of hydrogen-bond donors (Lipinski definition) is 1. The van der Waals surface area contributed by atoms with E-state index in [0.29, 0.717) is 22.5 Å². The minimum absolute atomic E-state index is 0.254. The Morgan fingerprint density at radius 1 is 1.29 bits per heavy atom. The fourth-order valence-corrected chi connectivity index (χ4v) is 1.67. The van der Waals surface area contributed by atoms with Gasteiger partial charge in [0.1, 0.15) is 0 Å². The van der Waals surface area contributed by atoms with Crippen molar-refractivity contribution in [1.29, 1.82) is 0 Å². The maximum atomic E-state index is 6.00.